The Labute approximate surface area is 157 Å². The number of aromatic nitrogens is 3. The van der Waals surface area contributed by atoms with Crippen LogP contribution in [0.1, 0.15) is 0 Å². The van der Waals surface area contributed by atoms with Crippen molar-refractivity contribution in [3.63, 3.8) is 0 Å². The lowest BCUT2D eigenvalue weighted by atomic mass is 9.98. The molecule has 2 heterocycles. The number of benzene rings is 3. The van der Waals surface area contributed by atoms with Crippen molar-refractivity contribution in [1.82, 2.24) is 9.97 Å². The smallest absolute Gasteiger partial charge is 0.237 e. The molecular weight excluding hydrogens is 330 g/mol. The number of imidazole rings is 1. The Kier molecular flexibility index (Phi) is 3.76. The largest absolute Gasteiger partial charge is 0.401 e. The van der Waals surface area contributed by atoms with E-state index in [1.54, 1.807) is 0 Å². The fraction of sp³-hybridized carbons (Fsp3) is 0. The molecule has 27 heavy (non-hydrogen) atoms. The highest BCUT2D eigenvalue weighted by atomic mass is 15.1. The molecule has 2 aromatic heterocycles. The van der Waals surface area contributed by atoms with Gasteiger partial charge in [0.05, 0.1) is 12.4 Å². The van der Waals surface area contributed by atoms with E-state index in [1.165, 1.54) is 11.1 Å². The van der Waals surface area contributed by atoms with Crippen LogP contribution in [0.2, 0.25) is 0 Å². The first-order chi connectivity index (χ1) is 13.4. The average Bonchev–Trinajstić information content (AvgIpc) is 3.20. The van der Waals surface area contributed by atoms with Crippen molar-refractivity contribution < 1.29 is 4.57 Å². The molecule has 0 saturated carbocycles. The predicted octanol–water partition coefficient (Wildman–Crippen LogP) is 5.17. The maximum atomic E-state index is 4.95. The van der Waals surface area contributed by atoms with Gasteiger partial charge in [-0.15, -0.1) is 0 Å². The summed E-state index contributed by atoms with van der Waals surface area (Å²) in [4.78, 5) is 8.49. The van der Waals surface area contributed by atoms with Gasteiger partial charge in [0.2, 0.25) is 0 Å². The number of fused-ring (bicyclic) bond motifs is 1. The highest BCUT2D eigenvalue weighted by Gasteiger charge is 2.21. The van der Waals surface area contributed by atoms with Crippen molar-refractivity contribution in [1.29, 1.82) is 0 Å². The van der Waals surface area contributed by atoms with Gasteiger partial charge in [-0.3, -0.25) is 0 Å². The molecule has 1 N–H and O–H groups in total. The second-order valence-corrected chi connectivity index (χ2v) is 6.46. The maximum absolute atomic E-state index is 4.95. The summed E-state index contributed by atoms with van der Waals surface area (Å²) in [6.07, 6.45) is 4.00. The van der Waals surface area contributed by atoms with Crippen molar-refractivity contribution >= 4 is 11.0 Å². The first kappa shape index (κ1) is 15.5. The summed E-state index contributed by atoms with van der Waals surface area (Å²) < 4.78 is 2.00. The van der Waals surface area contributed by atoms with Crippen LogP contribution in [0.25, 0.3) is 39.2 Å². The summed E-state index contributed by atoms with van der Waals surface area (Å²) in [5.41, 5.74) is 6.65. The third-order valence-corrected chi connectivity index (χ3v) is 4.76. The minimum Gasteiger partial charge on any atom is -0.237 e. The van der Waals surface area contributed by atoms with Gasteiger partial charge in [0.15, 0.2) is 11.0 Å². The van der Waals surface area contributed by atoms with Crippen molar-refractivity contribution in [3.8, 4) is 28.2 Å². The molecule has 0 amide bonds. The highest BCUT2D eigenvalue weighted by molar-refractivity contribution is 6.01. The molecule has 5 aromatic rings. The summed E-state index contributed by atoms with van der Waals surface area (Å²) in [6.45, 7) is 0. The van der Waals surface area contributed by atoms with Gasteiger partial charge in [-0.2, -0.15) is 0 Å². The van der Waals surface area contributed by atoms with Crippen molar-refractivity contribution in [2.75, 3.05) is 0 Å². The lowest BCUT2D eigenvalue weighted by Gasteiger charge is -2.05. The Hall–Kier alpha value is -3.72. The van der Waals surface area contributed by atoms with Gasteiger partial charge >= 0.3 is 5.95 Å². The molecule has 0 aliphatic carbocycles. The Morgan fingerprint density at radius 1 is 0.593 bits per heavy atom. The van der Waals surface area contributed by atoms with Gasteiger partial charge in [0, 0.05) is 11.1 Å². The molecule has 0 spiro atoms. The van der Waals surface area contributed by atoms with E-state index < -0.39 is 0 Å². The Morgan fingerprint density at radius 2 is 1.15 bits per heavy atom. The van der Waals surface area contributed by atoms with E-state index >= 15 is 0 Å². The average molecular weight is 348 g/mol. The zero-order chi connectivity index (χ0) is 18.1. The third kappa shape index (κ3) is 2.79. The van der Waals surface area contributed by atoms with Crippen LogP contribution in [-0.4, -0.2) is 9.97 Å². The lowest BCUT2D eigenvalue weighted by Crippen LogP contribution is -2.30. The summed E-state index contributed by atoms with van der Waals surface area (Å²) >= 11 is 0. The first-order valence-corrected chi connectivity index (χ1v) is 9.00. The van der Waals surface area contributed by atoms with Crippen molar-refractivity contribution in [2.24, 2.45) is 0 Å². The zero-order valence-electron chi connectivity index (χ0n) is 14.7. The van der Waals surface area contributed by atoms with Crippen LogP contribution in [-0.2, 0) is 0 Å². The van der Waals surface area contributed by atoms with Crippen LogP contribution in [0.3, 0.4) is 0 Å². The molecule has 0 aliphatic rings. The van der Waals surface area contributed by atoms with Gasteiger partial charge in [0.25, 0.3) is 0 Å². The monoisotopic (exact) mass is 348 g/mol. The van der Waals surface area contributed by atoms with Gasteiger partial charge in [-0.25, -0.2) is 9.55 Å². The summed E-state index contributed by atoms with van der Waals surface area (Å²) in [6, 6.07) is 31.2. The number of nitrogens with zero attached hydrogens (tertiary/aromatic N) is 2. The Bertz CT molecular complexity index is 1120. The van der Waals surface area contributed by atoms with E-state index in [9.17, 15) is 0 Å². The van der Waals surface area contributed by atoms with Crippen LogP contribution >= 0.6 is 0 Å². The van der Waals surface area contributed by atoms with Crippen molar-refractivity contribution in [3.05, 3.63) is 103 Å². The van der Waals surface area contributed by atoms with E-state index in [1.807, 2.05) is 47.3 Å². The molecule has 0 aliphatic heterocycles. The Balaban J connectivity index is 1.80. The molecule has 3 aromatic carbocycles. The quantitative estimate of drug-likeness (QED) is 0.448. The molecule has 5 rings (SSSR count). The Morgan fingerprint density at radius 3 is 1.81 bits per heavy atom. The van der Waals surface area contributed by atoms with Crippen LogP contribution < -0.4 is 4.57 Å². The molecule has 0 saturated heterocycles. The number of hydrogen-bond acceptors (Lipinski definition) is 1. The molecule has 0 atom stereocenters. The minimum absolute atomic E-state index is 0.811. The number of pyridine rings is 1. The summed E-state index contributed by atoms with van der Waals surface area (Å²) in [5, 5.41) is 0. The first-order valence-electron chi connectivity index (χ1n) is 9.00. The number of rotatable bonds is 3. The van der Waals surface area contributed by atoms with Gasteiger partial charge < -0.3 is 0 Å². The molecular formula is C24H18N3+. The van der Waals surface area contributed by atoms with Crippen molar-refractivity contribution in [2.45, 2.75) is 0 Å². The van der Waals surface area contributed by atoms with Crippen LogP contribution in [0.5, 0.6) is 0 Å². The van der Waals surface area contributed by atoms with Gasteiger partial charge in [-0.1, -0.05) is 71.7 Å². The number of aromatic amines is 1. The van der Waals surface area contributed by atoms with Crippen LogP contribution in [0.4, 0.5) is 0 Å². The summed E-state index contributed by atoms with van der Waals surface area (Å²) in [7, 11) is 0. The van der Waals surface area contributed by atoms with Gasteiger partial charge in [-0.05, 0) is 35.4 Å². The minimum atomic E-state index is 0.811. The van der Waals surface area contributed by atoms with Gasteiger partial charge in [0.1, 0.15) is 0 Å². The lowest BCUT2D eigenvalue weighted by molar-refractivity contribution is -0.603. The molecule has 3 nitrogen and oxygen atoms in total. The molecule has 0 fully saturated rings. The topological polar surface area (TPSA) is 32.6 Å². The van der Waals surface area contributed by atoms with E-state index in [2.05, 4.69) is 65.6 Å². The second-order valence-electron chi connectivity index (χ2n) is 6.46. The third-order valence-electron chi connectivity index (χ3n) is 4.76. The number of nitrogens with one attached hydrogen (secondary N) is 1. The molecule has 0 unspecified atom stereocenters. The fourth-order valence-corrected chi connectivity index (χ4v) is 3.45. The van der Waals surface area contributed by atoms with Crippen LogP contribution in [0, 0.1) is 0 Å². The molecule has 0 radical (unpaired) electrons. The number of hydrogen-bond donors (Lipinski definition) is 1. The fourth-order valence-electron chi connectivity index (χ4n) is 3.45. The number of H-pyrrole nitrogens is 1. The van der Waals surface area contributed by atoms with E-state index in [-0.39, 0.29) is 0 Å². The maximum Gasteiger partial charge on any atom is 0.401 e. The summed E-state index contributed by atoms with van der Waals surface area (Å²) in [5.74, 6) is 0.811. The van der Waals surface area contributed by atoms with E-state index in [0.29, 0.717) is 0 Å². The van der Waals surface area contributed by atoms with E-state index in [4.69, 9.17) is 4.98 Å². The van der Waals surface area contributed by atoms with E-state index in [0.717, 1.165) is 28.1 Å². The highest BCUT2D eigenvalue weighted by Crippen LogP contribution is 2.34. The standard InChI is InChI=1S/C24H18N3/c1-4-10-18(11-5-1)20-14-15-21(19-12-6-2-7-13-19)23-22(20)25-24(26-23)27-16-8-3-9-17-27/h1-17H,(H,25,26)/q+1. The zero-order valence-corrected chi connectivity index (χ0v) is 14.7. The molecule has 3 heteroatoms. The SMILES string of the molecule is c1ccc(-c2ccc(-c3ccccc3)c3[nH]c(-[n+]4ccccc4)nc23)cc1. The second kappa shape index (κ2) is 6.54. The molecule has 0 bridgehead atoms. The normalized spacial score (nSPS) is 11.0. The predicted molar refractivity (Wildman–Crippen MR) is 108 cm³/mol. The molecule has 128 valence electrons. The van der Waals surface area contributed by atoms with Crippen LogP contribution in [0.15, 0.2) is 103 Å².